The maximum absolute atomic E-state index is 10.9. The van der Waals surface area contributed by atoms with Gasteiger partial charge in [0.15, 0.2) is 0 Å². The smallest absolute Gasteiger partial charge is 0.273 e. The third-order valence-electron chi connectivity index (χ3n) is 3.85. The molecule has 1 aromatic heterocycles. The second-order valence-corrected chi connectivity index (χ2v) is 5.96. The van der Waals surface area contributed by atoms with Gasteiger partial charge in [0, 0.05) is 11.1 Å². The summed E-state index contributed by atoms with van der Waals surface area (Å²) < 4.78 is 11.0. The fraction of sp³-hybridized carbons (Fsp3) is 0.0500. The normalized spacial score (nSPS) is 11.1. The molecular weight excluding hydrogens is 368 g/mol. The molecule has 0 bridgehead atoms. The van der Waals surface area contributed by atoms with E-state index >= 15 is 0 Å². The van der Waals surface area contributed by atoms with Crippen molar-refractivity contribution in [2.45, 2.75) is 0 Å². The number of nitrogens with zero attached hydrogens (tertiary/aromatic N) is 2. The predicted octanol–water partition coefficient (Wildman–Crippen LogP) is 5.58. The van der Waals surface area contributed by atoms with Gasteiger partial charge in [-0.15, -0.1) is 0 Å². The molecule has 0 aliphatic rings. The number of non-ortho nitro benzene ring substituents is 1. The minimum atomic E-state index is -0.492. The van der Waals surface area contributed by atoms with E-state index in [4.69, 9.17) is 20.8 Å². The SMILES string of the molecule is COc1cc([N+](=O)[O-])ccc1-c1ccc(C=C(C#N)c2ccc(Cl)cc2)o1. The molecule has 3 aromatic rings. The third kappa shape index (κ3) is 4.00. The van der Waals surface area contributed by atoms with Crippen LogP contribution >= 0.6 is 11.6 Å². The van der Waals surface area contributed by atoms with Crippen LogP contribution < -0.4 is 4.74 Å². The van der Waals surface area contributed by atoms with Gasteiger partial charge in [0.1, 0.15) is 17.3 Å². The highest BCUT2D eigenvalue weighted by Crippen LogP contribution is 2.34. The summed E-state index contributed by atoms with van der Waals surface area (Å²) >= 11 is 5.88. The summed E-state index contributed by atoms with van der Waals surface area (Å²) in [5.41, 5.74) is 1.64. The van der Waals surface area contributed by atoms with Crippen LogP contribution in [-0.2, 0) is 0 Å². The highest BCUT2D eigenvalue weighted by Gasteiger charge is 2.15. The highest BCUT2D eigenvalue weighted by molar-refractivity contribution is 6.30. The number of furan rings is 1. The number of nitro benzene ring substituents is 1. The van der Waals surface area contributed by atoms with Crippen LogP contribution in [0.4, 0.5) is 5.69 Å². The van der Waals surface area contributed by atoms with Gasteiger partial charge in [-0.2, -0.15) is 5.26 Å². The minimum absolute atomic E-state index is 0.0724. The number of nitro groups is 1. The number of allylic oxidation sites excluding steroid dienone is 1. The standard InChI is InChI=1S/C20H13ClN2O4/c1-26-20-11-16(23(24)25)6-8-18(20)19-9-7-17(27-19)10-14(12-22)13-2-4-15(21)5-3-13/h2-11H,1H3. The Kier molecular flexibility index (Phi) is 5.25. The van der Waals surface area contributed by atoms with Crippen LogP contribution in [-0.4, -0.2) is 12.0 Å². The van der Waals surface area contributed by atoms with Gasteiger partial charge < -0.3 is 9.15 Å². The lowest BCUT2D eigenvalue weighted by atomic mass is 10.1. The van der Waals surface area contributed by atoms with E-state index in [1.165, 1.54) is 19.2 Å². The van der Waals surface area contributed by atoms with E-state index < -0.39 is 4.92 Å². The van der Waals surface area contributed by atoms with E-state index in [0.717, 1.165) is 0 Å². The molecule has 134 valence electrons. The molecule has 0 aliphatic heterocycles. The molecule has 1 heterocycles. The Morgan fingerprint density at radius 3 is 2.59 bits per heavy atom. The van der Waals surface area contributed by atoms with Crippen molar-refractivity contribution in [2.75, 3.05) is 7.11 Å². The first-order valence-corrected chi connectivity index (χ1v) is 8.20. The Balaban J connectivity index is 1.96. The number of benzene rings is 2. The van der Waals surface area contributed by atoms with E-state index in [-0.39, 0.29) is 5.69 Å². The van der Waals surface area contributed by atoms with Crippen LogP contribution in [0.5, 0.6) is 5.75 Å². The summed E-state index contributed by atoms with van der Waals surface area (Å²) in [4.78, 5) is 10.4. The minimum Gasteiger partial charge on any atom is -0.496 e. The average molecular weight is 381 g/mol. The van der Waals surface area contributed by atoms with Crippen molar-refractivity contribution in [1.29, 1.82) is 5.26 Å². The number of nitriles is 1. The molecule has 0 unspecified atom stereocenters. The predicted molar refractivity (Wildman–Crippen MR) is 102 cm³/mol. The first-order chi connectivity index (χ1) is 13.0. The zero-order chi connectivity index (χ0) is 19.4. The van der Waals surface area contributed by atoms with Crippen LogP contribution in [0, 0.1) is 21.4 Å². The molecule has 7 heteroatoms. The summed E-state index contributed by atoms with van der Waals surface area (Å²) in [6.45, 7) is 0. The maximum Gasteiger partial charge on any atom is 0.273 e. The monoisotopic (exact) mass is 380 g/mol. The molecule has 0 amide bonds. The fourth-order valence-electron chi connectivity index (χ4n) is 2.52. The lowest BCUT2D eigenvalue weighted by Gasteiger charge is -2.05. The van der Waals surface area contributed by atoms with Gasteiger partial charge >= 0.3 is 0 Å². The van der Waals surface area contributed by atoms with Crippen molar-refractivity contribution in [1.82, 2.24) is 0 Å². The highest BCUT2D eigenvalue weighted by atomic mass is 35.5. The van der Waals surface area contributed by atoms with Crippen LogP contribution in [0.15, 0.2) is 59.0 Å². The maximum atomic E-state index is 10.9. The zero-order valence-electron chi connectivity index (χ0n) is 14.2. The van der Waals surface area contributed by atoms with Gasteiger partial charge in [-0.1, -0.05) is 23.7 Å². The molecule has 0 N–H and O–H groups in total. The Morgan fingerprint density at radius 1 is 1.22 bits per heavy atom. The van der Waals surface area contributed by atoms with Crippen LogP contribution in [0.1, 0.15) is 11.3 Å². The quantitative estimate of drug-likeness (QED) is 0.327. The van der Waals surface area contributed by atoms with Crippen LogP contribution in [0.25, 0.3) is 23.0 Å². The van der Waals surface area contributed by atoms with Gasteiger partial charge in [0.2, 0.25) is 0 Å². The van der Waals surface area contributed by atoms with Crippen molar-refractivity contribution in [3.05, 3.63) is 81.1 Å². The first-order valence-electron chi connectivity index (χ1n) is 7.82. The van der Waals surface area contributed by atoms with Gasteiger partial charge in [0.25, 0.3) is 5.69 Å². The Bertz CT molecular complexity index is 1060. The molecule has 6 nitrogen and oxygen atoms in total. The first kappa shape index (κ1) is 18.2. The van der Waals surface area contributed by atoms with Crippen LogP contribution in [0.2, 0.25) is 5.02 Å². The fourth-order valence-corrected chi connectivity index (χ4v) is 2.65. The molecule has 0 saturated carbocycles. The van der Waals surface area contributed by atoms with Crippen molar-refractivity contribution in [3.8, 4) is 23.1 Å². The molecular formula is C20H13ClN2O4. The Labute approximate surface area is 160 Å². The van der Waals surface area contributed by atoms with E-state index in [0.29, 0.717) is 39.0 Å². The van der Waals surface area contributed by atoms with Crippen molar-refractivity contribution >= 4 is 28.9 Å². The van der Waals surface area contributed by atoms with Gasteiger partial charge in [-0.25, -0.2) is 0 Å². The molecule has 0 radical (unpaired) electrons. The molecule has 2 aromatic carbocycles. The second kappa shape index (κ2) is 7.77. The molecule has 0 spiro atoms. The number of methoxy groups -OCH3 is 1. The second-order valence-electron chi connectivity index (χ2n) is 5.52. The summed E-state index contributed by atoms with van der Waals surface area (Å²) in [5.74, 6) is 1.27. The third-order valence-corrected chi connectivity index (χ3v) is 4.10. The molecule has 3 rings (SSSR count). The van der Waals surface area contributed by atoms with Crippen molar-refractivity contribution < 1.29 is 14.1 Å². The zero-order valence-corrected chi connectivity index (χ0v) is 14.9. The van der Waals surface area contributed by atoms with E-state index in [2.05, 4.69) is 6.07 Å². The summed E-state index contributed by atoms with van der Waals surface area (Å²) in [7, 11) is 1.43. The van der Waals surface area contributed by atoms with Gasteiger partial charge in [-0.05, 0) is 42.0 Å². The summed E-state index contributed by atoms with van der Waals surface area (Å²) in [6.07, 6.45) is 1.62. The number of hydrogen-bond acceptors (Lipinski definition) is 5. The van der Waals surface area contributed by atoms with Crippen molar-refractivity contribution in [2.24, 2.45) is 0 Å². The van der Waals surface area contributed by atoms with Gasteiger partial charge in [-0.3, -0.25) is 10.1 Å². The lowest BCUT2D eigenvalue weighted by molar-refractivity contribution is -0.384. The number of ether oxygens (including phenoxy) is 1. The number of hydrogen-bond donors (Lipinski definition) is 0. The summed E-state index contributed by atoms with van der Waals surface area (Å²) in [5, 5.41) is 20.9. The molecule has 0 fully saturated rings. The molecule has 0 saturated heterocycles. The Morgan fingerprint density at radius 2 is 1.96 bits per heavy atom. The average Bonchev–Trinajstić information content (AvgIpc) is 3.14. The number of rotatable bonds is 5. The van der Waals surface area contributed by atoms with Crippen LogP contribution in [0.3, 0.4) is 0 Å². The number of halogens is 1. The van der Waals surface area contributed by atoms with E-state index in [1.807, 2.05) is 0 Å². The molecule has 0 atom stereocenters. The molecule has 27 heavy (non-hydrogen) atoms. The Hall–Kier alpha value is -3.56. The largest absolute Gasteiger partial charge is 0.496 e. The van der Waals surface area contributed by atoms with E-state index in [1.54, 1.807) is 48.5 Å². The van der Waals surface area contributed by atoms with E-state index in [9.17, 15) is 15.4 Å². The lowest BCUT2D eigenvalue weighted by Crippen LogP contribution is -1.92. The topological polar surface area (TPSA) is 89.3 Å². The molecule has 0 aliphatic carbocycles. The van der Waals surface area contributed by atoms with Crippen molar-refractivity contribution in [3.63, 3.8) is 0 Å². The summed E-state index contributed by atoms with van der Waals surface area (Å²) in [6, 6.07) is 16.8. The van der Waals surface area contributed by atoms with Gasteiger partial charge in [0.05, 0.1) is 35.3 Å².